The first kappa shape index (κ1) is 14.6. The second kappa shape index (κ2) is 6.65. The third kappa shape index (κ3) is 3.67. The summed E-state index contributed by atoms with van der Waals surface area (Å²) >= 11 is 0. The van der Waals surface area contributed by atoms with Crippen LogP contribution in [-0.4, -0.2) is 12.5 Å². The van der Waals surface area contributed by atoms with Crippen molar-refractivity contribution in [1.82, 2.24) is 0 Å². The van der Waals surface area contributed by atoms with Gasteiger partial charge in [-0.15, -0.1) is 0 Å². The predicted octanol–water partition coefficient (Wildman–Crippen LogP) is 3.45. The number of nitrogens with one attached hydrogen (secondary N) is 1. The summed E-state index contributed by atoms with van der Waals surface area (Å²) in [6.45, 7) is 2.80. The number of nitrogens with zero attached hydrogens (tertiary/aromatic N) is 1. The first-order chi connectivity index (χ1) is 10.7. The summed E-state index contributed by atoms with van der Waals surface area (Å²) in [5.74, 6) is 0.491. The standard InChI is InChI=1S/C19H23N3/c1-14-5-7-15(8-6-14)11-12-21-19(20)22-18-10-9-16-3-2-4-17(16)13-18/h5-10,13H,2-4,11-12H2,1H3,(H3,20,21,22). The molecule has 1 aliphatic rings. The molecule has 0 atom stereocenters. The largest absolute Gasteiger partial charge is 0.370 e. The van der Waals surface area contributed by atoms with Gasteiger partial charge in [0.1, 0.15) is 0 Å². The highest BCUT2D eigenvalue weighted by molar-refractivity contribution is 5.92. The van der Waals surface area contributed by atoms with Crippen LogP contribution in [0.2, 0.25) is 0 Å². The molecule has 3 rings (SSSR count). The van der Waals surface area contributed by atoms with Crippen LogP contribution in [0.1, 0.15) is 28.7 Å². The van der Waals surface area contributed by atoms with E-state index in [4.69, 9.17) is 5.73 Å². The summed E-state index contributed by atoms with van der Waals surface area (Å²) in [5.41, 5.74) is 12.5. The Morgan fingerprint density at radius 1 is 1.09 bits per heavy atom. The van der Waals surface area contributed by atoms with Crippen LogP contribution in [-0.2, 0) is 19.3 Å². The quantitative estimate of drug-likeness (QED) is 0.670. The average molecular weight is 293 g/mol. The molecule has 3 N–H and O–H groups in total. The molecule has 22 heavy (non-hydrogen) atoms. The fourth-order valence-corrected chi connectivity index (χ4v) is 2.90. The van der Waals surface area contributed by atoms with E-state index in [0.29, 0.717) is 12.5 Å². The van der Waals surface area contributed by atoms with Crippen LogP contribution in [0.3, 0.4) is 0 Å². The van der Waals surface area contributed by atoms with E-state index in [2.05, 4.69) is 59.7 Å². The van der Waals surface area contributed by atoms with Gasteiger partial charge in [0, 0.05) is 12.2 Å². The maximum Gasteiger partial charge on any atom is 0.193 e. The van der Waals surface area contributed by atoms with Crippen LogP contribution in [0.25, 0.3) is 0 Å². The molecule has 0 radical (unpaired) electrons. The van der Waals surface area contributed by atoms with E-state index in [1.165, 1.54) is 41.5 Å². The molecule has 114 valence electrons. The van der Waals surface area contributed by atoms with Gasteiger partial charge in [-0.3, -0.25) is 4.99 Å². The molecule has 0 heterocycles. The lowest BCUT2D eigenvalue weighted by molar-refractivity contribution is 0.912. The maximum atomic E-state index is 5.98. The minimum atomic E-state index is 0.491. The zero-order valence-electron chi connectivity index (χ0n) is 13.1. The number of benzene rings is 2. The van der Waals surface area contributed by atoms with Gasteiger partial charge >= 0.3 is 0 Å². The summed E-state index contributed by atoms with van der Waals surface area (Å²) in [5, 5.41) is 3.19. The van der Waals surface area contributed by atoms with Crippen LogP contribution in [0, 0.1) is 6.92 Å². The number of hydrogen-bond donors (Lipinski definition) is 2. The smallest absolute Gasteiger partial charge is 0.193 e. The van der Waals surface area contributed by atoms with Crippen LogP contribution in [0.5, 0.6) is 0 Å². The minimum absolute atomic E-state index is 0.491. The van der Waals surface area contributed by atoms with Gasteiger partial charge in [0.15, 0.2) is 5.96 Å². The molecule has 0 unspecified atom stereocenters. The summed E-state index contributed by atoms with van der Waals surface area (Å²) in [7, 11) is 0. The number of guanidine groups is 1. The number of nitrogens with two attached hydrogens (primary N) is 1. The third-order valence-corrected chi connectivity index (χ3v) is 4.17. The van der Waals surface area contributed by atoms with Crippen molar-refractivity contribution in [2.24, 2.45) is 10.7 Å². The summed E-state index contributed by atoms with van der Waals surface area (Å²) in [4.78, 5) is 4.41. The fraction of sp³-hybridized carbons (Fsp3) is 0.316. The summed E-state index contributed by atoms with van der Waals surface area (Å²) < 4.78 is 0. The molecule has 0 amide bonds. The van der Waals surface area contributed by atoms with E-state index in [1.807, 2.05) is 0 Å². The van der Waals surface area contributed by atoms with E-state index < -0.39 is 0 Å². The lowest BCUT2D eigenvalue weighted by Gasteiger charge is -2.08. The van der Waals surface area contributed by atoms with Crippen LogP contribution >= 0.6 is 0 Å². The van der Waals surface area contributed by atoms with Crippen molar-refractivity contribution in [3.05, 3.63) is 64.7 Å². The highest BCUT2D eigenvalue weighted by atomic mass is 15.1. The molecule has 3 heteroatoms. The molecular weight excluding hydrogens is 270 g/mol. The Morgan fingerprint density at radius 3 is 2.68 bits per heavy atom. The highest BCUT2D eigenvalue weighted by Crippen LogP contribution is 2.24. The Kier molecular flexibility index (Phi) is 4.42. The van der Waals surface area contributed by atoms with Gasteiger partial charge in [-0.05, 0) is 61.4 Å². The number of aryl methyl sites for hydroxylation is 3. The minimum Gasteiger partial charge on any atom is -0.370 e. The molecule has 0 bridgehead atoms. The lowest BCUT2D eigenvalue weighted by atomic mass is 10.1. The van der Waals surface area contributed by atoms with E-state index >= 15 is 0 Å². The van der Waals surface area contributed by atoms with Gasteiger partial charge in [-0.1, -0.05) is 35.9 Å². The fourth-order valence-electron chi connectivity index (χ4n) is 2.90. The first-order valence-electron chi connectivity index (χ1n) is 7.95. The maximum absolute atomic E-state index is 5.98. The SMILES string of the molecule is Cc1ccc(CCN=C(N)Nc2ccc3c(c2)CCC3)cc1. The summed E-state index contributed by atoms with van der Waals surface area (Å²) in [6, 6.07) is 15.0. The van der Waals surface area contributed by atoms with Gasteiger partial charge in [0.2, 0.25) is 0 Å². The summed E-state index contributed by atoms with van der Waals surface area (Å²) in [6.07, 6.45) is 4.55. The van der Waals surface area contributed by atoms with Crippen LogP contribution in [0.15, 0.2) is 47.5 Å². The Balaban J connectivity index is 1.55. The number of anilines is 1. The molecule has 0 saturated carbocycles. The van der Waals surface area contributed by atoms with Gasteiger partial charge < -0.3 is 11.1 Å². The molecule has 0 spiro atoms. The van der Waals surface area contributed by atoms with E-state index in [-0.39, 0.29) is 0 Å². The Hall–Kier alpha value is -2.29. The molecule has 1 aliphatic carbocycles. The van der Waals surface area contributed by atoms with E-state index in [1.54, 1.807) is 0 Å². The normalized spacial score (nSPS) is 14.0. The van der Waals surface area contributed by atoms with Crippen molar-refractivity contribution in [3.63, 3.8) is 0 Å². The van der Waals surface area contributed by atoms with Crippen molar-refractivity contribution in [1.29, 1.82) is 0 Å². The molecule has 0 saturated heterocycles. The molecule has 0 fully saturated rings. The van der Waals surface area contributed by atoms with Crippen molar-refractivity contribution in [2.75, 3.05) is 11.9 Å². The lowest BCUT2D eigenvalue weighted by Crippen LogP contribution is -2.23. The zero-order chi connectivity index (χ0) is 15.4. The van der Waals surface area contributed by atoms with Crippen molar-refractivity contribution in [2.45, 2.75) is 32.6 Å². The van der Waals surface area contributed by atoms with Crippen molar-refractivity contribution in [3.8, 4) is 0 Å². The number of fused-ring (bicyclic) bond motifs is 1. The Labute approximate surface area is 132 Å². The van der Waals surface area contributed by atoms with Gasteiger partial charge in [0.25, 0.3) is 0 Å². The molecule has 2 aromatic carbocycles. The zero-order valence-corrected chi connectivity index (χ0v) is 13.1. The molecule has 3 nitrogen and oxygen atoms in total. The molecule has 0 aliphatic heterocycles. The second-order valence-electron chi connectivity index (χ2n) is 5.96. The first-order valence-corrected chi connectivity index (χ1v) is 7.95. The Bertz CT molecular complexity index is 672. The van der Waals surface area contributed by atoms with Crippen LogP contribution < -0.4 is 11.1 Å². The van der Waals surface area contributed by atoms with Gasteiger partial charge in [-0.2, -0.15) is 0 Å². The molecule has 0 aromatic heterocycles. The third-order valence-electron chi connectivity index (χ3n) is 4.17. The Morgan fingerprint density at radius 2 is 1.86 bits per heavy atom. The number of rotatable bonds is 4. The topological polar surface area (TPSA) is 50.4 Å². The van der Waals surface area contributed by atoms with Crippen LogP contribution in [0.4, 0.5) is 5.69 Å². The molecule has 2 aromatic rings. The molecular formula is C19H23N3. The average Bonchev–Trinajstić information content (AvgIpc) is 2.97. The number of hydrogen-bond acceptors (Lipinski definition) is 1. The van der Waals surface area contributed by atoms with E-state index in [9.17, 15) is 0 Å². The van der Waals surface area contributed by atoms with Crippen molar-refractivity contribution >= 4 is 11.6 Å². The van der Waals surface area contributed by atoms with Gasteiger partial charge in [-0.25, -0.2) is 0 Å². The van der Waals surface area contributed by atoms with E-state index in [0.717, 1.165) is 12.1 Å². The highest BCUT2D eigenvalue weighted by Gasteiger charge is 2.10. The predicted molar refractivity (Wildman–Crippen MR) is 93.5 cm³/mol. The van der Waals surface area contributed by atoms with Gasteiger partial charge in [0.05, 0.1) is 0 Å². The second-order valence-corrected chi connectivity index (χ2v) is 5.96. The monoisotopic (exact) mass is 293 g/mol. The van der Waals surface area contributed by atoms with Crippen molar-refractivity contribution < 1.29 is 0 Å². The number of aliphatic imine (C=N–C) groups is 1.